The highest BCUT2D eigenvalue weighted by Crippen LogP contribution is 2.38. The van der Waals surface area contributed by atoms with Crippen LogP contribution in [0.3, 0.4) is 0 Å². The minimum atomic E-state index is 0.699. The third-order valence-electron chi connectivity index (χ3n) is 10.9. The number of hydrogen-bond acceptors (Lipinski definition) is 3. The molecule has 278 valence electrons. The van der Waals surface area contributed by atoms with Crippen LogP contribution in [0.5, 0.6) is 0 Å². The highest BCUT2D eigenvalue weighted by molar-refractivity contribution is 5.96. The average molecular weight is 754 g/mol. The summed E-state index contributed by atoms with van der Waals surface area (Å²) in [6.07, 6.45) is 0. The van der Waals surface area contributed by atoms with Crippen LogP contribution >= 0.6 is 0 Å². The second kappa shape index (κ2) is 15.9. The third-order valence-corrected chi connectivity index (χ3v) is 10.9. The van der Waals surface area contributed by atoms with E-state index in [1.54, 1.807) is 0 Å². The molecule has 0 aliphatic rings. The summed E-state index contributed by atoms with van der Waals surface area (Å²) in [6.45, 7) is 0. The van der Waals surface area contributed by atoms with E-state index < -0.39 is 0 Å². The molecule has 0 aliphatic carbocycles. The molecule has 0 spiro atoms. The molecule has 0 bridgehead atoms. The Morgan fingerprint density at radius 3 is 1.22 bits per heavy atom. The van der Waals surface area contributed by atoms with Crippen LogP contribution in [-0.2, 0) is 0 Å². The van der Waals surface area contributed by atoms with Crippen molar-refractivity contribution < 1.29 is 0 Å². The zero-order valence-electron chi connectivity index (χ0n) is 32.4. The zero-order chi connectivity index (χ0) is 39.4. The summed E-state index contributed by atoms with van der Waals surface area (Å²) in [6, 6.07) is 83.4. The fraction of sp³-hybridized carbons (Fsp3) is 0. The Morgan fingerprint density at radius 1 is 0.271 bits per heavy atom. The fourth-order valence-corrected chi connectivity index (χ4v) is 7.85. The van der Waals surface area contributed by atoms with Gasteiger partial charge in [0, 0.05) is 33.8 Å². The van der Waals surface area contributed by atoms with Gasteiger partial charge in [0.2, 0.25) is 0 Å². The quantitative estimate of drug-likeness (QED) is 0.147. The van der Waals surface area contributed by atoms with Crippen molar-refractivity contribution in [2.24, 2.45) is 0 Å². The Bertz CT molecular complexity index is 2980. The lowest BCUT2D eigenvalue weighted by atomic mass is 9.99. The molecule has 10 aromatic rings. The van der Waals surface area contributed by atoms with Gasteiger partial charge >= 0.3 is 0 Å². The number of benzene rings is 9. The van der Waals surface area contributed by atoms with Gasteiger partial charge in [0.1, 0.15) is 0 Å². The molecule has 0 saturated heterocycles. The van der Waals surface area contributed by atoms with Crippen LogP contribution in [0, 0.1) is 0 Å². The van der Waals surface area contributed by atoms with Crippen molar-refractivity contribution in [3.8, 4) is 67.3 Å². The molecule has 3 nitrogen and oxygen atoms in total. The maximum absolute atomic E-state index is 5.16. The fourth-order valence-electron chi connectivity index (χ4n) is 7.85. The zero-order valence-corrected chi connectivity index (χ0v) is 32.4. The largest absolute Gasteiger partial charge is 0.311 e. The normalized spacial score (nSPS) is 11.1. The van der Waals surface area contributed by atoms with Gasteiger partial charge in [0.05, 0.1) is 11.4 Å². The summed E-state index contributed by atoms with van der Waals surface area (Å²) >= 11 is 0. The first-order chi connectivity index (χ1) is 29.2. The molecule has 0 radical (unpaired) electrons. The van der Waals surface area contributed by atoms with Gasteiger partial charge in [-0.3, -0.25) is 0 Å². The van der Waals surface area contributed by atoms with E-state index in [4.69, 9.17) is 9.97 Å². The Hall–Kier alpha value is -7.88. The predicted octanol–water partition coefficient (Wildman–Crippen LogP) is 15.1. The van der Waals surface area contributed by atoms with Gasteiger partial charge in [-0.2, -0.15) is 0 Å². The Labute approximate surface area is 345 Å². The number of anilines is 3. The lowest BCUT2D eigenvalue weighted by Gasteiger charge is -2.26. The van der Waals surface area contributed by atoms with Crippen LogP contribution in [0.25, 0.3) is 78.1 Å². The van der Waals surface area contributed by atoms with E-state index in [2.05, 4.69) is 235 Å². The van der Waals surface area contributed by atoms with Gasteiger partial charge in [-0.15, -0.1) is 0 Å². The lowest BCUT2D eigenvalue weighted by Crippen LogP contribution is -2.09. The van der Waals surface area contributed by atoms with Gasteiger partial charge in [0.25, 0.3) is 0 Å². The number of fused-ring (bicyclic) bond motifs is 1. The molecular formula is C56H39N3. The third kappa shape index (κ3) is 7.41. The van der Waals surface area contributed by atoms with Crippen LogP contribution in [-0.4, -0.2) is 9.97 Å². The second-order valence-corrected chi connectivity index (χ2v) is 14.6. The van der Waals surface area contributed by atoms with Crippen molar-refractivity contribution in [3.63, 3.8) is 0 Å². The Morgan fingerprint density at radius 2 is 0.661 bits per heavy atom. The molecule has 0 saturated carbocycles. The van der Waals surface area contributed by atoms with Gasteiger partial charge < -0.3 is 4.90 Å². The van der Waals surface area contributed by atoms with E-state index in [0.29, 0.717) is 5.82 Å². The van der Waals surface area contributed by atoms with Crippen LogP contribution in [0.4, 0.5) is 17.1 Å². The van der Waals surface area contributed by atoms with Gasteiger partial charge in [-0.25, -0.2) is 9.97 Å². The first-order valence-corrected chi connectivity index (χ1v) is 20.0. The summed E-state index contributed by atoms with van der Waals surface area (Å²) in [5, 5.41) is 2.36. The highest BCUT2D eigenvalue weighted by atomic mass is 15.1. The maximum atomic E-state index is 5.16. The van der Waals surface area contributed by atoms with Crippen LogP contribution < -0.4 is 4.90 Å². The van der Waals surface area contributed by atoms with Crippen molar-refractivity contribution >= 4 is 27.8 Å². The van der Waals surface area contributed by atoms with Gasteiger partial charge in [-0.1, -0.05) is 194 Å². The van der Waals surface area contributed by atoms with E-state index in [1.807, 2.05) is 6.07 Å². The molecule has 0 unspecified atom stereocenters. The molecule has 0 aliphatic heterocycles. The average Bonchev–Trinajstić information content (AvgIpc) is 3.33. The first kappa shape index (κ1) is 35.5. The van der Waals surface area contributed by atoms with Crippen molar-refractivity contribution in [2.75, 3.05) is 4.90 Å². The van der Waals surface area contributed by atoms with Crippen molar-refractivity contribution in [3.05, 3.63) is 237 Å². The van der Waals surface area contributed by atoms with E-state index in [9.17, 15) is 0 Å². The summed E-state index contributed by atoms with van der Waals surface area (Å²) in [5.74, 6) is 0.699. The maximum Gasteiger partial charge on any atom is 0.160 e. The van der Waals surface area contributed by atoms with E-state index in [-0.39, 0.29) is 0 Å². The number of hydrogen-bond donors (Lipinski definition) is 0. The molecular weight excluding hydrogens is 715 g/mol. The predicted molar refractivity (Wildman–Crippen MR) is 247 cm³/mol. The van der Waals surface area contributed by atoms with Crippen molar-refractivity contribution in [2.45, 2.75) is 0 Å². The molecule has 9 aromatic carbocycles. The number of para-hydroxylation sites is 1. The molecule has 0 atom stereocenters. The van der Waals surface area contributed by atoms with Gasteiger partial charge in [0.15, 0.2) is 5.82 Å². The molecule has 1 heterocycles. The Balaban J connectivity index is 0.936. The Kier molecular flexibility index (Phi) is 9.59. The smallest absolute Gasteiger partial charge is 0.160 e. The minimum absolute atomic E-state index is 0.699. The summed E-state index contributed by atoms with van der Waals surface area (Å²) in [5.41, 5.74) is 15.3. The van der Waals surface area contributed by atoms with Crippen LogP contribution in [0.2, 0.25) is 0 Å². The molecule has 0 fully saturated rings. The molecule has 3 heteroatoms. The van der Waals surface area contributed by atoms with E-state index in [1.165, 1.54) is 33.0 Å². The summed E-state index contributed by atoms with van der Waals surface area (Å²) < 4.78 is 0. The molecule has 0 N–H and O–H groups in total. The topological polar surface area (TPSA) is 29.0 Å². The van der Waals surface area contributed by atoms with E-state index in [0.717, 1.165) is 56.3 Å². The second-order valence-electron chi connectivity index (χ2n) is 14.6. The minimum Gasteiger partial charge on any atom is -0.311 e. The summed E-state index contributed by atoms with van der Waals surface area (Å²) in [4.78, 5) is 12.6. The summed E-state index contributed by atoms with van der Waals surface area (Å²) in [7, 11) is 0. The molecule has 59 heavy (non-hydrogen) atoms. The highest BCUT2D eigenvalue weighted by Gasteiger charge is 2.15. The SMILES string of the molecule is c1ccc(-c2ccc(-c3ccc(N(c4ccccc4)c4ccc(-c5ccc(-c6nc(-c7ccccc7)cc(-c7cccc8ccccc78)n6)cc5)cc4)cc3)cc2)cc1. The monoisotopic (exact) mass is 753 g/mol. The number of aromatic nitrogens is 2. The van der Waals surface area contributed by atoms with Crippen LogP contribution in [0.1, 0.15) is 0 Å². The van der Waals surface area contributed by atoms with E-state index >= 15 is 0 Å². The van der Waals surface area contributed by atoms with Gasteiger partial charge in [-0.05, 0) is 86.6 Å². The van der Waals surface area contributed by atoms with Crippen LogP contribution in [0.15, 0.2) is 237 Å². The molecule has 0 amide bonds. The number of rotatable bonds is 9. The first-order valence-electron chi connectivity index (χ1n) is 20.0. The standard InChI is InChI=1S/C56H39N3/c1-4-13-40(14-5-1)41-23-25-42(26-24-41)44-31-35-50(36-32-44)59(49-19-8-3-9-20-49)51-37-33-45(34-38-51)43-27-29-48(30-28-43)56-57-54(47-16-6-2-7-17-47)39-55(58-56)53-22-12-18-46-15-10-11-21-52(46)53/h1-39H. The molecule has 1 aromatic heterocycles. The molecule has 10 rings (SSSR count). The van der Waals surface area contributed by atoms with Crippen molar-refractivity contribution in [1.29, 1.82) is 0 Å². The lowest BCUT2D eigenvalue weighted by molar-refractivity contribution is 1.18. The van der Waals surface area contributed by atoms with Crippen molar-refractivity contribution in [1.82, 2.24) is 9.97 Å². The number of nitrogens with zero attached hydrogens (tertiary/aromatic N) is 3.